The summed E-state index contributed by atoms with van der Waals surface area (Å²) in [7, 11) is 2.22. The van der Waals surface area contributed by atoms with Crippen LogP contribution >= 0.6 is 11.3 Å². The van der Waals surface area contributed by atoms with E-state index in [-0.39, 0.29) is 0 Å². The molecule has 3 heterocycles. The summed E-state index contributed by atoms with van der Waals surface area (Å²) in [5.74, 6) is 0.667. The van der Waals surface area contributed by atoms with Gasteiger partial charge in [-0.15, -0.1) is 11.3 Å². The number of hydrogen-bond acceptors (Lipinski definition) is 4. The lowest BCUT2D eigenvalue weighted by Gasteiger charge is -2.29. The maximum Gasteiger partial charge on any atom is 0.0970 e. The molecule has 2 atom stereocenters. The minimum atomic E-state index is 0.511. The van der Waals surface area contributed by atoms with Crippen LogP contribution in [0.2, 0.25) is 0 Å². The Balaban J connectivity index is 1.57. The number of aromatic nitrogens is 1. The first kappa shape index (κ1) is 15.6. The number of piperidine rings is 2. The topological polar surface area (TPSA) is 28.2 Å². The first-order valence-corrected chi connectivity index (χ1v) is 9.85. The Bertz CT molecular complexity index is 672. The first-order valence-electron chi connectivity index (χ1n) is 9.04. The zero-order valence-corrected chi connectivity index (χ0v) is 15.0. The van der Waals surface area contributed by atoms with Gasteiger partial charge < -0.3 is 10.2 Å². The Hall–Kier alpha value is -0.970. The van der Waals surface area contributed by atoms with Crippen LogP contribution in [0.25, 0.3) is 10.2 Å². The number of likely N-dealkylation sites (tertiary alicyclic amines) is 1. The molecule has 2 aliphatic rings. The molecule has 124 valence electrons. The zero-order chi connectivity index (χ0) is 15.8. The Kier molecular flexibility index (Phi) is 4.39. The summed E-state index contributed by atoms with van der Waals surface area (Å²) < 4.78 is 1.35. The lowest BCUT2D eigenvalue weighted by atomic mass is 9.94. The maximum absolute atomic E-state index is 5.01. The van der Waals surface area contributed by atoms with Gasteiger partial charge in [-0.3, -0.25) is 0 Å². The van der Waals surface area contributed by atoms with E-state index in [1.807, 2.05) is 11.3 Å². The summed E-state index contributed by atoms with van der Waals surface area (Å²) in [6, 6.07) is 8.09. The highest BCUT2D eigenvalue weighted by Gasteiger charge is 2.23. The SMILES string of the molecule is CC1CCCC(c2ccc3sc(C4CCN(C)CC4)nc3c2)N1. The Morgan fingerprint density at radius 1 is 1.17 bits per heavy atom. The smallest absolute Gasteiger partial charge is 0.0970 e. The Labute approximate surface area is 143 Å². The van der Waals surface area contributed by atoms with Gasteiger partial charge in [-0.05, 0) is 70.4 Å². The van der Waals surface area contributed by atoms with Crippen LogP contribution in [0.15, 0.2) is 18.2 Å². The summed E-state index contributed by atoms with van der Waals surface area (Å²) >= 11 is 1.91. The van der Waals surface area contributed by atoms with Crippen molar-refractivity contribution in [2.45, 2.75) is 57.0 Å². The summed E-state index contributed by atoms with van der Waals surface area (Å²) in [6.07, 6.45) is 6.39. The number of rotatable bonds is 2. The molecule has 0 radical (unpaired) electrons. The molecule has 2 fully saturated rings. The van der Waals surface area contributed by atoms with Gasteiger partial charge >= 0.3 is 0 Å². The zero-order valence-electron chi connectivity index (χ0n) is 14.2. The van der Waals surface area contributed by atoms with Gasteiger partial charge in [-0.25, -0.2) is 4.98 Å². The van der Waals surface area contributed by atoms with E-state index in [1.54, 1.807) is 0 Å². The Morgan fingerprint density at radius 2 is 2.00 bits per heavy atom. The number of fused-ring (bicyclic) bond motifs is 1. The van der Waals surface area contributed by atoms with Crippen LogP contribution in [-0.2, 0) is 0 Å². The van der Waals surface area contributed by atoms with Gasteiger partial charge in [0, 0.05) is 18.0 Å². The van der Waals surface area contributed by atoms with Crippen molar-refractivity contribution in [2.75, 3.05) is 20.1 Å². The molecule has 0 aliphatic carbocycles. The molecule has 2 saturated heterocycles. The molecule has 1 aromatic heterocycles. The fourth-order valence-electron chi connectivity index (χ4n) is 4.01. The third kappa shape index (κ3) is 3.30. The summed E-state index contributed by atoms with van der Waals surface area (Å²) in [6.45, 7) is 4.71. The maximum atomic E-state index is 5.01. The molecule has 0 bridgehead atoms. The molecule has 4 heteroatoms. The average molecular weight is 330 g/mol. The molecular weight excluding hydrogens is 302 g/mol. The third-order valence-electron chi connectivity index (χ3n) is 5.51. The van der Waals surface area contributed by atoms with Crippen molar-refractivity contribution < 1.29 is 0 Å². The van der Waals surface area contributed by atoms with E-state index >= 15 is 0 Å². The molecular formula is C19H27N3S. The van der Waals surface area contributed by atoms with Crippen LogP contribution in [0.4, 0.5) is 0 Å². The van der Waals surface area contributed by atoms with Crippen molar-refractivity contribution in [2.24, 2.45) is 0 Å². The van der Waals surface area contributed by atoms with Gasteiger partial charge in [0.15, 0.2) is 0 Å². The molecule has 4 rings (SSSR count). The largest absolute Gasteiger partial charge is 0.307 e. The summed E-state index contributed by atoms with van der Waals surface area (Å²) in [5, 5.41) is 5.10. The Morgan fingerprint density at radius 3 is 2.78 bits per heavy atom. The van der Waals surface area contributed by atoms with Gasteiger partial charge in [0.25, 0.3) is 0 Å². The molecule has 3 nitrogen and oxygen atoms in total. The van der Waals surface area contributed by atoms with Crippen LogP contribution < -0.4 is 5.32 Å². The lowest BCUT2D eigenvalue weighted by Crippen LogP contribution is -2.34. The highest BCUT2D eigenvalue weighted by atomic mass is 32.1. The molecule has 1 aromatic carbocycles. The number of benzene rings is 1. The van der Waals surface area contributed by atoms with Crippen LogP contribution in [-0.4, -0.2) is 36.1 Å². The highest BCUT2D eigenvalue weighted by molar-refractivity contribution is 7.18. The van der Waals surface area contributed by atoms with Crippen molar-refractivity contribution in [3.8, 4) is 0 Å². The van der Waals surface area contributed by atoms with Gasteiger partial charge in [-0.2, -0.15) is 0 Å². The van der Waals surface area contributed by atoms with Crippen molar-refractivity contribution >= 4 is 21.6 Å². The molecule has 23 heavy (non-hydrogen) atoms. The monoisotopic (exact) mass is 329 g/mol. The minimum absolute atomic E-state index is 0.511. The van der Waals surface area contributed by atoms with E-state index < -0.39 is 0 Å². The second kappa shape index (κ2) is 6.50. The predicted molar refractivity (Wildman–Crippen MR) is 98.3 cm³/mol. The van der Waals surface area contributed by atoms with E-state index in [4.69, 9.17) is 4.98 Å². The quantitative estimate of drug-likeness (QED) is 0.890. The third-order valence-corrected chi connectivity index (χ3v) is 6.71. The fraction of sp³-hybridized carbons (Fsp3) is 0.632. The second-order valence-electron chi connectivity index (χ2n) is 7.41. The standard InChI is InChI=1S/C19H27N3S/c1-13-4-3-5-16(20-13)15-6-7-18-17(12-15)21-19(23-18)14-8-10-22(2)11-9-14/h6-7,12-14,16,20H,3-5,8-11H2,1-2H3. The van der Waals surface area contributed by atoms with E-state index in [0.29, 0.717) is 18.0 Å². The lowest BCUT2D eigenvalue weighted by molar-refractivity contribution is 0.255. The van der Waals surface area contributed by atoms with Gasteiger partial charge in [0.2, 0.25) is 0 Å². The molecule has 2 aromatic rings. The highest BCUT2D eigenvalue weighted by Crippen LogP contribution is 2.35. The fourth-order valence-corrected chi connectivity index (χ4v) is 5.13. The van der Waals surface area contributed by atoms with E-state index in [0.717, 1.165) is 0 Å². The minimum Gasteiger partial charge on any atom is -0.307 e. The number of nitrogens with zero attached hydrogens (tertiary/aromatic N) is 2. The van der Waals surface area contributed by atoms with E-state index in [2.05, 4.69) is 42.4 Å². The van der Waals surface area contributed by atoms with Crippen LogP contribution in [0.1, 0.15) is 61.6 Å². The summed E-state index contributed by atoms with van der Waals surface area (Å²) in [5.41, 5.74) is 2.63. The van der Waals surface area contributed by atoms with Gasteiger partial charge in [-0.1, -0.05) is 12.5 Å². The molecule has 2 unspecified atom stereocenters. The van der Waals surface area contributed by atoms with Gasteiger partial charge in [0.1, 0.15) is 0 Å². The molecule has 0 saturated carbocycles. The van der Waals surface area contributed by atoms with E-state index in [9.17, 15) is 0 Å². The first-order chi connectivity index (χ1) is 11.2. The predicted octanol–water partition coefficient (Wildman–Crippen LogP) is 4.31. The van der Waals surface area contributed by atoms with Crippen molar-refractivity contribution in [3.05, 3.63) is 28.8 Å². The normalized spacial score (nSPS) is 27.6. The average Bonchev–Trinajstić information content (AvgIpc) is 2.98. The molecule has 0 amide bonds. The second-order valence-corrected chi connectivity index (χ2v) is 8.47. The number of nitrogens with one attached hydrogen (secondary N) is 1. The number of hydrogen-bond donors (Lipinski definition) is 1. The van der Waals surface area contributed by atoms with Crippen LogP contribution in [0, 0.1) is 0 Å². The van der Waals surface area contributed by atoms with Crippen molar-refractivity contribution in [1.82, 2.24) is 15.2 Å². The molecule has 2 aliphatic heterocycles. The van der Waals surface area contributed by atoms with Crippen molar-refractivity contribution in [3.63, 3.8) is 0 Å². The van der Waals surface area contributed by atoms with Gasteiger partial charge in [0.05, 0.1) is 15.2 Å². The van der Waals surface area contributed by atoms with Crippen molar-refractivity contribution in [1.29, 1.82) is 0 Å². The number of thiazole rings is 1. The summed E-state index contributed by atoms with van der Waals surface area (Å²) in [4.78, 5) is 7.44. The van der Waals surface area contributed by atoms with Crippen LogP contribution in [0.5, 0.6) is 0 Å². The molecule has 0 spiro atoms. The molecule has 1 N–H and O–H groups in total. The van der Waals surface area contributed by atoms with E-state index in [1.165, 1.54) is 66.0 Å². The van der Waals surface area contributed by atoms with Crippen LogP contribution in [0.3, 0.4) is 0 Å².